The molecule has 1 aliphatic heterocycles. The van der Waals surface area contributed by atoms with Gasteiger partial charge in [0, 0.05) is 25.6 Å². The molecule has 0 spiro atoms. The number of nitrogens with zero attached hydrogens (tertiary/aromatic N) is 4. The summed E-state index contributed by atoms with van der Waals surface area (Å²) in [7, 11) is 0. The van der Waals surface area contributed by atoms with Crippen molar-refractivity contribution in [2.45, 2.75) is 45.1 Å². The molecule has 3 heterocycles. The fourth-order valence-electron chi connectivity index (χ4n) is 2.71. The largest absolute Gasteiger partial charge is 0.339 e. The highest BCUT2D eigenvalue weighted by Crippen LogP contribution is 2.27. The van der Waals surface area contributed by atoms with Crippen molar-refractivity contribution in [1.29, 1.82) is 0 Å². The molecule has 3 rings (SSSR count). The normalized spacial score (nSPS) is 18.7. The minimum Gasteiger partial charge on any atom is -0.339 e. The zero-order chi connectivity index (χ0) is 15.4. The lowest BCUT2D eigenvalue weighted by molar-refractivity contribution is -0.134. The Morgan fingerprint density at radius 2 is 2.32 bits per heavy atom. The summed E-state index contributed by atoms with van der Waals surface area (Å²) in [6.07, 6.45) is 4.85. The molecule has 1 atom stereocenters. The molecule has 1 saturated heterocycles. The predicted molar refractivity (Wildman–Crippen MR) is 79.9 cm³/mol. The van der Waals surface area contributed by atoms with E-state index in [4.69, 9.17) is 4.52 Å². The van der Waals surface area contributed by atoms with Crippen molar-refractivity contribution in [2.75, 3.05) is 6.54 Å². The Kier molecular flexibility index (Phi) is 4.46. The second-order valence-corrected chi connectivity index (χ2v) is 5.63. The van der Waals surface area contributed by atoms with Gasteiger partial charge in [0.1, 0.15) is 0 Å². The maximum absolute atomic E-state index is 12.1. The highest BCUT2D eigenvalue weighted by molar-refractivity contribution is 5.77. The van der Waals surface area contributed by atoms with E-state index in [1.165, 1.54) is 0 Å². The summed E-state index contributed by atoms with van der Waals surface area (Å²) in [5, 5.41) is 4.01. The van der Waals surface area contributed by atoms with E-state index in [0.717, 1.165) is 30.8 Å². The molecule has 0 bridgehead atoms. The van der Waals surface area contributed by atoms with Crippen LogP contribution in [0.2, 0.25) is 0 Å². The molecule has 0 N–H and O–H groups in total. The van der Waals surface area contributed by atoms with Gasteiger partial charge in [-0.05, 0) is 25.0 Å². The molecule has 2 aromatic heterocycles. The molecule has 0 aromatic carbocycles. The van der Waals surface area contributed by atoms with Gasteiger partial charge in [-0.25, -0.2) is 0 Å². The smallest absolute Gasteiger partial charge is 0.231 e. The minimum absolute atomic E-state index is 0.125. The summed E-state index contributed by atoms with van der Waals surface area (Å²) < 4.78 is 5.38. The van der Waals surface area contributed by atoms with Gasteiger partial charge >= 0.3 is 0 Å². The molecule has 6 nitrogen and oxygen atoms in total. The number of carbonyl (C=O) groups excluding carboxylic acids is 1. The number of hydrogen-bond acceptors (Lipinski definition) is 5. The number of likely N-dealkylation sites (tertiary alicyclic amines) is 1. The highest BCUT2D eigenvalue weighted by atomic mass is 16.5. The molecule has 0 radical (unpaired) electrons. The van der Waals surface area contributed by atoms with E-state index in [9.17, 15) is 4.79 Å². The fourth-order valence-corrected chi connectivity index (χ4v) is 2.71. The summed E-state index contributed by atoms with van der Waals surface area (Å²) >= 11 is 0. The third-order valence-corrected chi connectivity index (χ3v) is 3.89. The Labute approximate surface area is 129 Å². The fraction of sp³-hybridized carbons (Fsp3) is 0.500. The van der Waals surface area contributed by atoms with Gasteiger partial charge in [-0.15, -0.1) is 0 Å². The van der Waals surface area contributed by atoms with E-state index in [0.29, 0.717) is 25.4 Å². The number of pyridine rings is 1. The number of hydrogen-bond donors (Lipinski definition) is 0. The molecule has 6 heteroatoms. The zero-order valence-corrected chi connectivity index (χ0v) is 12.7. The van der Waals surface area contributed by atoms with Crippen LogP contribution in [0, 0.1) is 0 Å². The van der Waals surface area contributed by atoms with Gasteiger partial charge in [-0.2, -0.15) is 4.98 Å². The average molecular weight is 300 g/mol. The maximum Gasteiger partial charge on any atom is 0.231 e. The molecule has 0 saturated carbocycles. The Bertz CT molecular complexity index is 626. The van der Waals surface area contributed by atoms with Gasteiger partial charge < -0.3 is 9.42 Å². The summed E-state index contributed by atoms with van der Waals surface area (Å²) in [5.41, 5.74) is 0.897. The SMILES string of the molecule is CCCc1noc(C2CCC(=O)N(Cc3ccccn3)C2)n1. The quantitative estimate of drug-likeness (QED) is 0.847. The molecular weight excluding hydrogens is 280 g/mol. The topological polar surface area (TPSA) is 72.1 Å². The first kappa shape index (κ1) is 14.7. The highest BCUT2D eigenvalue weighted by Gasteiger charge is 2.30. The lowest BCUT2D eigenvalue weighted by atomic mass is 9.97. The molecule has 1 unspecified atom stereocenters. The van der Waals surface area contributed by atoms with Crippen molar-refractivity contribution in [3.05, 3.63) is 41.8 Å². The second kappa shape index (κ2) is 6.68. The van der Waals surface area contributed by atoms with Crippen LogP contribution in [0.1, 0.15) is 49.5 Å². The van der Waals surface area contributed by atoms with Crippen molar-refractivity contribution in [3.63, 3.8) is 0 Å². The van der Waals surface area contributed by atoms with Gasteiger partial charge in [0.25, 0.3) is 0 Å². The number of aromatic nitrogens is 3. The number of amides is 1. The van der Waals surface area contributed by atoms with Crippen LogP contribution < -0.4 is 0 Å². The van der Waals surface area contributed by atoms with Gasteiger partial charge in [-0.1, -0.05) is 18.1 Å². The van der Waals surface area contributed by atoms with Crippen LogP contribution in [-0.2, 0) is 17.8 Å². The van der Waals surface area contributed by atoms with Crippen molar-refractivity contribution in [1.82, 2.24) is 20.0 Å². The molecule has 22 heavy (non-hydrogen) atoms. The summed E-state index contributed by atoms with van der Waals surface area (Å²) in [4.78, 5) is 22.7. The first-order valence-electron chi connectivity index (χ1n) is 7.76. The second-order valence-electron chi connectivity index (χ2n) is 5.63. The minimum atomic E-state index is 0.125. The van der Waals surface area contributed by atoms with E-state index >= 15 is 0 Å². The van der Waals surface area contributed by atoms with E-state index < -0.39 is 0 Å². The molecular formula is C16H20N4O2. The van der Waals surface area contributed by atoms with E-state index in [1.54, 1.807) is 6.20 Å². The standard InChI is InChI=1S/C16H20N4O2/c1-2-5-14-18-16(22-19-14)12-7-8-15(21)20(10-12)11-13-6-3-4-9-17-13/h3-4,6,9,12H,2,5,7-8,10-11H2,1H3. The molecule has 2 aromatic rings. The average Bonchev–Trinajstić information content (AvgIpc) is 3.00. The number of aryl methyl sites for hydroxylation is 1. The molecule has 0 aliphatic carbocycles. The first-order valence-corrected chi connectivity index (χ1v) is 7.76. The third-order valence-electron chi connectivity index (χ3n) is 3.89. The van der Waals surface area contributed by atoms with Crippen LogP contribution in [0.3, 0.4) is 0 Å². The Morgan fingerprint density at radius 3 is 3.09 bits per heavy atom. The van der Waals surface area contributed by atoms with Gasteiger partial charge in [-0.3, -0.25) is 9.78 Å². The van der Waals surface area contributed by atoms with Crippen LogP contribution in [-0.4, -0.2) is 32.5 Å². The van der Waals surface area contributed by atoms with Crippen molar-refractivity contribution in [2.24, 2.45) is 0 Å². The van der Waals surface area contributed by atoms with Crippen molar-refractivity contribution < 1.29 is 9.32 Å². The maximum atomic E-state index is 12.1. The Hall–Kier alpha value is -2.24. The van der Waals surface area contributed by atoms with E-state index in [1.807, 2.05) is 23.1 Å². The molecule has 1 amide bonds. The van der Waals surface area contributed by atoms with Crippen LogP contribution in [0.15, 0.2) is 28.9 Å². The van der Waals surface area contributed by atoms with Crippen LogP contribution >= 0.6 is 0 Å². The van der Waals surface area contributed by atoms with E-state index in [-0.39, 0.29) is 11.8 Å². The molecule has 1 fully saturated rings. The van der Waals surface area contributed by atoms with Crippen LogP contribution in [0.4, 0.5) is 0 Å². The van der Waals surface area contributed by atoms with Crippen LogP contribution in [0.25, 0.3) is 0 Å². The number of carbonyl (C=O) groups is 1. The zero-order valence-electron chi connectivity index (χ0n) is 12.7. The summed E-state index contributed by atoms with van der Waals surface area (Å²) in [6, 6.07) is 5.74. The first-order chi connectivity index (χ1) is 10.8. The van der Waals surface area contributed by atoms with Gasteiger partial charge in [0.05, 0.1) is 18.2 Å². The lowest BCUT2D eigenvalue weighted by Crippen LogP contribution is -2.38. The Balaban J connectivity index is 1.68. The predicted octanol–water partition coefficient (Wildman–Crippen LogP) is 2.32. The Morgan fingerprint density at radius 1 is 1.41 bits per heavy atom. The molecule has 1 aliphatic rings. The third kappa shape index (κ3) is 3.32. The van der Waals surface area contributed by atoms with Crippen LogP contribution in [0.5, 0.6) is 0 Å². The van der Waals surface area contributed by atoms with Crippen molar-refractivity contribution >= 4 is 5.91 Å². The molecule has 116 valence electrons. The summed E-state index contributed by atoms with van der Waals surface area (Å²) in [6.45, 7) is 3.24. The monoisotopic (exact) mass is 300 g/mol. The lowest BCUT2D eigenvalue weighted by Gasteiger charge is -2.30. The van der Waals surface area contributed by atoms with E-state index in [2.05, 4.69) is 22.0 Å². The number of rotatable bonds is 5. The van der Waals surface area contributed by atoms with Gasteiger partial charge in [0.15, 0.2) is 5.82 Å². The number of piperidine rings is 1. The van der Waals surface area contributed by atoms with Gasteiger partial charge in [0.2, 0.25) is 11.8 Å². The van der Waals surface area contributed by atoms with Crippen molar-refractivity contribution in [3.8, 4) is 0 Å². The summed E-state index contributed by atoms with van der Waals surface area (Å²) in [5.74, 6) is 1.70.